The second-order valence-corrected chi connectivity index (χ2v) is 6.72. The second-order valence-electron chi connectivity index (χ2n) is 6.72. The summed E-state index contributed by atoms with van der Waals surface area (Å²) in [6.07, 6.45) is 0. The molecule has 1 aromatic heterocycles. The Morgan fingerprint density at radius 2 is 1.60 bits per heavy atom. The van der Waals surface area contributed by atoms with Gasteiger partial charge in [-0.2, -0.15) is 0 Å². The Morgan fingerprint density at radius 1 is 0.900 bits per heavy atom. The molecule has 0 spiro atoms. The minimum atomic E-state index is -0.263. The predicted octanol–water partition coefficient (Wildman–Crippen LogP) is 4.82. The largest absolute Gasteiger partial charge is 0.497 e. The molecular weight excluding hydrogens is 374 g/mol. The van der Waals surface area contributed by atoms with E-state index in [1.807, 2.05) is 84.9 Å². The molecule has 1 heterocycles. The van der Waals surface area contributed by atoms with Crippen LogP contribution in [0.15, 0.2) is 91.5 Å². The maximum atomic E-state index is 13.0. The molecule has 5 nitrogen and oxygen atoms in total. The Hall–Kier alpha value is -4.12. The molecule has 148 valence electrons. The van der Waals surface area contributed by atoms with Crippen molar-refractivity contribution in [3.05, 3.63) is 103 Å². The van der Waals surface area contributed by atoms with Crippen LogP contribution in [-0.2, 0) is 0 Å². The average molecular weight is 395 g/mol. The summed E-state index contributed by atoms with van der Waals surface area (Å²) in [7, 11) is 1.62. The monoisotopic (exact) mass is 395 g/mol. The molecule has 2 N–H and O–H groups in total. The van der Waals surface area contributed by atoms with Crippen LogP contribution in [0.5, 0.6) is 5.75 Å². The number of para-hydroxylation sites is 1. The fraction of sp³-hybridized carbons (Fsp3) is 0.0400. The molecule has 30 heavy (non-hydrogen) atoms. The Labute approximate surface area is 175 Å². The lowest BCUT2D eigenvalue weighted by Crippen LogP contribution is -2.36. The van der Waals surface area contributed by atoms with Gasteiger partial charge in [0.05, 0.1) is 29.6 Å². The molecule has 0 aliphatic carbocycles. The van der Waals surface area contributed by atoms with E-state index in [-0.39, 0.29) is 5.91 Å². The number of rotatable bonds is 6. The first kappa shape index (κ1) is 19.2. The van der Waals surface area contributed by atoms with Gasteiger partial charge in [0, 0.05) is 10.9 Å². The number of ether oxygens (including phenoxy) is 1. The van der Waals surface area contributed by atoms with Gasteiger partial charge in [0.2, 0.25) is 0 Å². The summed E-state index contributed by atoms with van der Waals surface area (Å²) in [6.45, 7) is 3.99. The summed E-state index contributed by atoms with van der Waals surface area (Å²) in [4.78, 5) is 17.7. The van der Waals surface area contributed by atoms with Gasteiger partial charge in [-0.3, -0.25) is 15.6 Å². The summed E-state index contributed by atoms with van der Waals surface area (Å²) in [5.41, 5.74) is 10.1. The molecule has 5 heteroatoms. The van der Waals surface area contributed by atoms with Crippen LogP contribution < -0.4 is 15.6 Å². The zero-order chi connectivity index (χ0) is 20.9. The van der Waals surface area contributed by atoms with Gasteiger partial charge >= 0.3 is 0 Å². The number of methoxy groups -OCH3 is 1. The normalized spacial score (nSPS) is 10.4. The molecule has 0 saturated carbocycles. The number of nitrogens with one attached hydrogen (secondary N) is 2. The van der Waals surface area contributed by atoms with E-state index >= 15 is 0 Å². The number of carbonyl (C=O) groups excluding carboxylic acids is 1. The first-order valence-electron chi connectivity index (χ1n) is 9.50. The molecule has 0 aliphatic heterocycles. The maximum Gasteiger partial charge on any atom is 0.270 e. The number of hydrogen-bond donors (Lipinski definition) is 2. The van der Waals surface area contributed by atoms with Crippen molar-refractivity contribution in [2.24, 2.45) is 0 Å². The summed E-state index contributed by atoms with van der Waals surface area (Å²) >= 11 is 0. The van der Waals surface area contributed by atoms with Crippen LogP contribution in [0.25, 0.3) is 27.9 Å². The molecule has 3 aromatic carbocycles. The molecule has 1 amide bonds. The van der Waals surface area contributed by atoms with Crippen molar-refractivity contribution in [3.63, 3.8) is 0 Å². The van der Waals surface area contributed by atoms with Crippen molar-refractivity contribution < 1.29 is 9.53 Å². The van der Waals surface area contributed by atoms with Gasteiger partial charge in [0.15, 0.2) is 0 Å². The molecule has 0 unspecified atom stereocenters. The lowest BCUT2D eigenvalue weighted by atomic mass is 10.0. The van der Waals surface area contributed by atoms with Crippen LogP contribution in [0, 0.1) is 0 Å². The first-order chi connectivity index (χ1) is 14.7. The number of hydrogen-bond acceptors (Lipinski definition) is 4. The summed E-state index contributed by atoms with van der Waals surface area (Å²) in [5.74, 6) is 0.493. The minimum absolute atomic E-state index is 0.263. The number of amides is 1. The molecule has 4 rings (SSSR count). The van der Waals surface area contributed by atoms with Crippen LogP contribution in [0.2, 0.25) is 0 Å². The smallest absolute Gasteiger partial charge is 0.270 e. The van der Waals surface area contributed by atoms with Crippen LogP contribution in [0.4, 0.5) is 0 Å². The highest BCUT2D eigenvalue weighted by molar-refractivity contribution is 6.07. The Balaban J connectivity index is 1.59. The predicted molar refractivity (Wildman–Crippen MR) is 120 cm³/mol. The number of hydrazine groups is 1. The van der Waals surface area contributed by atoms with E-state index in [0.29, 0.717) is 11.3 Å². The minimum Gasteiger partial charge on any atom is -0.497 e. The van der Waals surface area contributed by atoms with Crippen molar-refractivity contribution in [1.82, 2.24) is 15.8 Å². The van der Waals surface area contributed by atoms with Crippen molar-refractivity contribution >= 4 is 22.5 Å². The van der Waals surface area contributed by atoms with Crippen LogP contribution >= 0.6 is 0 Å². The second kappa shape index (κ2) is 8.49. The summed E-state index contributed by atoms with van der Waals surface area (Å²) in [6, 6.07) is 26.6. The van der Waals surface area contributed by atoms with Crippen molar-refractivity contribution in [2.45, 2.75) is 0 Å². The number of aromatic nitrogens is 1. The van der Waals surface area contributed by atoms with Crippen LogP contribution in [0.3, 0.4) is 0 Å². The molecule has 0 atom stereocenters. The summed E-state index contributed by atoms with van der Waals surface area (Å²) < 4.78 is 5.17. The Kier molecular flexibility index (Phi) is 5.44. The molecule has 0 saturated heterocycles. The highest BCUT2D eigenvalue weighted by Crippen LogP contribution is 2.24. The molecule has 0 bridgehead atoms. The third-order valence-electron chi connectivity index (χ3n) is 4.80. The van der Waals surface area contributed by atoms with E-state index in [2.05, 4.69) is 17.4 Å². The van der Waals surface area contributed by atoms with Crippen LogP contribution in [-0.4, -0.2) is 18.0 Å². The average Bonchev–Trinajstić information content (AvgIpc) is 2.82. The van der Waals surface area contributed by atoms with Gasteiger partial charge in [0.1, 0.15) is 5.75 Å². The maximum absolute atomic E-state index is 13.0. The lowest BCUT2D eigenvalue weighted by Gasteiger charge is -2.14. The van der Waals surface area contributed by atoms with E-state index in [9.17, 15) is 4.79 Å². The molecular formula is C25H21N3O2. The van der Waals surface area contributed by atoms with Gasteiger partial charge in [-0.1, -0.05) is 55.1 Å². The standard InChI is InChI=1S/C25H21N3O2/c1-17(18-12-14-20(30-2)15-13-18)27-28-25(29)22-16-24(19-8-4-3-5-9-19)26-23-11-7-6-10-21(22)23/h3-16,27H,1H2,2H3,(H,28,29). The van der Waals surface area contributed by atoms with Gasteiger partial charge in [-0.05, 0) is 42.0 Å². The van der Waals surface area contributed by atoms with Crippen LogP contribution in [0.1, 0.15) is 15.9 Å². The molecule has 0 aliphatic rings. The number of nitrogens with zero attached hydrogens (tertiary/aromatic N) is 1. The first-order valence-corrected chi connectivity index (χ1v) is 9.50. The zero-order valence-electron chi connectivity index (χ0n) is 16.6. The highest BCUT2D eigenvalue weighted by Gasteiger charge is 2.14. The van der Waals surface area contributed by atoms with E-state index in [1.54, 1.807) is 7.11 Å². The van der Waals surface area contributed by atoms with Crippen molar-refractivity contribution in [1.29, 1.82) is 0 Å². The quantitative estimate of drug-likeness (QED) is 0.460. The highest BCUT2D eigenvalue weighted by atomic mass is 16.5. The van der Waals surface area contributed by atoms with Crippen molar-refractivity contribution in [3.8, 4) is 17.0 Å². The Morgan fingerprint density at radius 3 is 2.33 bits per heavy atom. The van der Waals surface area contributed by atoms with E-state index < -0.39 is 0 Å². The molecule has 0 radical (unpaired) electrons. The van der Waals surface area contributed by atoms with Gasteiger partial charge in [-0.25, -0.2) is 4.98 Å². The topological polar surface area (TPSA) is 63.2 Å². The number of benzene rings is 3. The SMILES string of the molecule is C=C(NNC(=O)c1cc(-c2ccccc2)nc2ccccc12)c1ccc(OC)cc1. The van der Waals surface area contributed by atoms with Gasteiger partial charge < -0.3 is 4.74 Å². The zero-order valence-corrected chi connectivity index (χ0v) is 16.6. The van der Waals surface area contributed by atoms with E-state index in [1.165, 1.54) is 0 Å². The fourth-order valence-corrected chi connectivity index (χ4v) is 3.18. The van der Waals surface area contributed by atoms with E-state index in [4.69, 9.17) is 9.72 Å². The number of pyridine rings is 1. The van der Waals surface area contributed by atoms with Gasteiger partial charge in [-0.15, -0.1) is 0 Å². The molecule has 4 aromatic rings. The van der Waals surface area contributed by atoms with Crippen molar-refractivity contribution in [2.75, 3.05) is 7.11 Å². The number of carbonyl (C=O) groups is 1. The fourth-order valence-electron chi connectivity index (χ4n) is 3.18. The third-order valence-corrected chi connectivity index (χ3v) is 4.80. The van der Waals surface area contributed by atoms with E-state index in [0.717, 1.165) is 33.5 Å². The van der Waals surface area contributed by atoms with Gasteiger partial charge in [0.25, 0.3) is 5.91 Å². The summed E-state index contributed by atoms with van der Waals surface area (Å²) in [5, 5.41) is 0.784. The molecule has 0 fully saturated rings. The third kappa shape index (κ3) is 4.00. The Bertz CT molecular complexity index is 1200. The number of fused-ring (bicyclic) bond motifs is 1. The lowest BCUT2D eigenvalue weighted by molar-refractivity contribution is 0.0944.